The minimum atomic E-state index is -0.412. The first-order valence-corrected chi connectivity index (χ1v) is 8.62. The normalized spacial score (nSPS) is 17.9. The molecule has 144 valence electrons. The zero-order chi connectivity index (χ0) is 19.6. The maximum Gasteiger partial charge on any atom is 0.204 e. The molecule has 1 aliphatic rings. The van der Waals surface area contributed by atoms with Gasteiger partial charge in [0.25, 0.3) is 0 Å². The van der Waals surface area contributed by atoms with E-state index in [1.807, 2.05) is 25.1 Å². The van der Waals surface area contributed by atoms with E-state index >= 15 is 0 Å². The highest BCUT2D eigenvalue weighted by molar-refractivity contribution is 5.57. The molecular weight excluding hydrogens is 348 g/mol. The number of rotatable bonds is 6. The van der Waals surface area contributed by atoms with Gasteiger partial charge in [-0.15, -0.1) is 6.58 Å². The topological polar surface area (TPSA) is 66.4 Å². The molecule has 0 fully saturated rings. The summed E-state index contributed by atoms with van der Waals surface area (Å²) in [5.74, 6) is 2.36. The van der Waals surface area contributed by atoms with Gasteiger partial charge in [-0.25, -0.2) is 0 Å². The summed E-state index contributed by atoms with van der Waals surface area (Å²) in [6.45, 7) is 5.69. The molecule has 2 unspecified atom stereocenters. The molecule has 6 heteroatoms. The first-order chi connectivity index (χ1) is 13.0. The van der Waals surface area contributed by atoms with E-state index in [2.05, 4.69) is 6.58 Å². The van der Waals surface area contributed by atoms with Gasteiger partial charge in [0, 0.05) is 5.56 Å². The van der Waals surface area contributed by atoms with Gasteiger partial charge in [0.2, 0.25) is 11.5 Å². The second-order valence-corrected chi connectivity index (χ2v) is 6.25. The molecule has 0 aromatic heterocycles. The molecule has 6 nitrogen and oxygen atoms in total. The van der Waals surface area contributed by atoms with Crippen LogP contribution in [0.4, 0.5) is 0 Å². The quantitative estimate of drug-likeness (QED) is 0.772. The summed E-state index contributed by atoms with van der Waals surface area (Å²) in [5, 5.41) is 10.2. The molecule has 2 aromatic carbocycles. The summed E-state index contributed by atoms with van der Waals surface area (Å²) in [6.07, 6.45) is 1.80. The summed E-state index contributed by atoms with van der Waals surface area (Å²) in [6, 6.07) is 7.28. The van der Waals surface area contributed by atoms with Crippen molar-refractivity contribution >= 4 is 0 Å². The molecule has 0 bridgehead atoms. The minimum Gasteiger partial charge on any atom is -0.502 e. The lowest BCUT2D eigenvalue weighted by atomic mass is 10.0. The second-order valence-electron chi connectivity index (χ2n) is 6.25. The van der Waals surface area contributed by atoms with E-state index in [4.69, 9.17) is 23.7 Å². The smallest absolute Gasteiger partial charge is 0.204 e. The third-order valence-electron chi connectivity index (χ3n) is 4.50. The molecule has 0 radical (unpaired) electrons. The van der Waals surface area contributed by atoms with E-state index in [1.165, 1.54) is 14.2 Å². The van der Waals surface area contributed by atoms with Gasteiger partial charge in [-0.1, -0.05) is 6.08 Å². The van der Waals surface area contributed by atoms with E-state index in [0.29, 0.717) is 35.2 Å². The number of fused-ring (bicyclic) bond motifs is 1. The zero-order valence-corrected chi connectivity index (χ0v) is 15.9. The minimum absolute atomic E-state index is 0.0523. The number of benzene rings is 2. The van der Waals surface area contributed by atoms with Gasteiger partial charge in [0.05, 0.1) is 21.3 Å². The maximum absolute atomic E-state index is 10.2. The number of hydrogen-bond donors (Lipinski definition) is 1. The lowest BCUT2D eigenvalue weighted by Crippen LogP contribution is -2.31. The van der Waals surface area contributed by atoms with Crippen molar-refractivity contribution in [1.82, 2.24) is 0 Å². The molecule has 1 N–H and O–H groups in total. The number of phenols is 1. The molecule has 0 aliphatic carbocycles. The van der Waals surface area contributed by atoms with Gasteiger partial charge in [0.1, 0.15) is 6.10 Å². The second kappa shape index (κ2) is 7.70. The van der Waals surface area contributed by atoms with Gasteiger partial charge in [-0.2, -0.15) is 0 Å². The molecular formula is C21H24O6. The van der Waals surface area contributed by atoms with Crippen LogP contribution in [0.2, 0.25) is 0 Å². The van der Waals surface area contributed by atoms with Crippen LogP contribution in [0.3, 0.4) is 0 Å². The van der Waals surface area contributed by atoms with Gasteiger partial charge < -0.3 is 28.8 Å². The molecule has 1 aliphatic heterocycles. The highest BCUT2D eigenvalue weighted by Crippen LogP contribution is 2.48. The third kappa shape index (κ3) is 3.47. The van der Waals surface area contributed by atoms with Crippen LogP contribution in [0, 0.1) is 0 Å². The Bertz CT molecular complexity index is 820. The highest BCUT2D eigenvalue weighted by Gasteiger charge is 2.33. The molecule has 3 rings (SSSR count). The molecule has 0 saturated carbocycles. The van der Waals surface area contributed by atoms with Gasteiger partial charge in [-0.05, 0) is 43.2 Å². The summed E-state index contributed by atoms with van der Waals surface area (Å²) in [4.78, 5) is 0. The van der Waals surface area contributed by atoms with Crippen molar-refractivity contribution in [2.45, 2.75) is 25.6 Å². The zero-order valence-electron chi connectivity index (χ0n) is 15.9. The Balaban J connectivity index is 2.04. The lowest BCUT2D eigenvalue weighted by molar-refractivity contribution is 0.0278. The molecule has 0 spiro atoms. The summed E-state index contributed by atoms with van der Waals surface area (Å²) < 4.78 is 28.4. The monoisotopic (exact) mass is 372 g/mol. The molecule has 0 saturated heterocycles. The van der Waals surface area contributed by atoms with Crippen molar-refractivity contribution in [3.63, 3.8) is 0 Å². The Morgan fingerprint density at radius 1 is 1.00 bits per heavy atom. The van der Waals surface area contributed by atoms with Crippen LogP contribution in [0.5, 0.6) is 34.5 Å². The number of phenolic OH excluding ortho intramolecular Hbond substituents is 1. The summed E-state index contributed by atoms with van der Waals surface area (Å²) >= 11 is 0. The van der Waals surface area contributed by atoms with E-state index in [9.17, 15) is 5.11 Å². The van der Waals surface area contributed by atoms with Gasteiger partial charge >= 0.3 is 0 Å². The van der Waals surface area contributed by atoms with Gasteiger partial charge in [-0.3, -0.25) is 0 Å². The molecule has 2 aromatic rings. The standard InChI is InChI=1S/C21H24O6/c1-6-7-13-8-17(25-5)21-18(9-13)27-20(12(2)26-21)14-10-15(23-3)19(22)16(11-14)24-4/h6,8-12,20,22H,1,7H2,2-5H3. The molecule has 0 amide bonds. The third-order valence-corrected chi connectivity index (χ3v) is 4.50. The van der Waals surface area contributed by atoms with Crippen molar-refractivity contribution in [3.8, 4) is 34.5 Å². The van der Waals surface area contributed by atoms with E-state index < -0.39 is 6.10 Å². The summed E-state index contributed by atoms with van der Waals surface area (Å²) in [5.41, 5.74) is 1.78. The fourth-order valence-corrected chi connectivity index (χ4v) is 3.17. The van der Waals surface area contributed by atoms with Crippen molar-refractivity contribution in [1.29, 1.82) is 0 Å². The number of ether oxygens (including phenoxy) is 5. The lowest BCUT2D eigenvalue weighted by Gasteiger charge is -2.33. The first-order valence-electron chi connectivity index (χ1n) is 8.62. The molecule has 2 atom stereocenters. The number of hydrogen-bond acceptors (Lipinski definition) is 6. The van der Waals surface area contributed by atoms with Crippen LogP contribution in [0.15, 0.2) is 36.9 Å². The van der Waals surface area contributed by atoms with E-state index in [1.54, 1.807) is 19.2 Å². The first kappa shape index (κ1) is 18.8. The van der Waals surface area contributed by atoms with Crippen molar-refractivity contribution < 1.29 is 28.8 Å². The average Bonchev–Trinajstić information content (AvgIpc) is 2.67. The summed E-state index contributed by atoms with van der Waals surface area (Å²) in [7, 11) is 4.58. The highest BCUT2D eigenvalue weighted by atomic mass is 16.6. The predicted octanol–water partition coefficient (Wildman–Crippen LogP) is 4.05. The van der Waals surface area contributed by atoms with Crippen LogP contribution in [-0.4, -0.2) is 32.5 Å². The Morgan fingerprint density at radius 2 is 1.63 bits per heavy atom. The largest absolute Gasteiger partial charge is 0.502 e. The van der Waals surface area contributed by atoms with E-state index in [0.717, 1.165) is 11.1 Å². The van der Waals surface area contributed by atoms with Crippen LogP contribution in [0.1, 0.15) is 24.2 Å². The van der Waals surface area contributed by atoms with Crippen LogP contribution >= 0.6 is 0 Å². The number of methoxy groups -OCH3 is 3. The number of aromatic hydroxyl groups is 1. The maximum atomic E-state index is 10.2. The van der Waals surface area contributed by atoms with E-state index in [-0.39, 0.29) is 11.9 Å². The molecule has 27 heavy (non-hydrogen) atoms. The van der Waals surface area contributed by atoms with Crippen molar-refractivity contribution in [2.75, 3.05) is 21.3 Å². The Hall–Kier alpha value is -3.02. The van der Waals surface area contributed by atoms with Crippen molar-refractivity contribution in [2.24, 2.45) is 0 Å². The molecule has 1 heterocycles. The average molecular weight is 372 g/mol. The Labute approximate surface area is 158 Å². The number of allylic oxidation sites excluding steroid dienone is 1. The van der Waals surface area contributed by atoms with Gasteiger partial charge in [0.15, 0.2) is 29.1 Å². The fourth-order valence-electron chi connectivity index (χ4n) is 3.17. The Kier molecular flexibility index (Phi) is 5.35. The fraction of sp³-hybridized carbons (Fsp3) is 0.333. The Morgan fingerprint density at radius 3 is 2.19 bits per heavy atom. The predicted molar refractivity (Wildman–Crippen MR) is 102 cm³/mol. The van der Waals surface area contributed by atoms with Crippen LogP contribution in [-0.2, 0) is 6.42 Å². The van der Waals surface area contributed by atoms with Crippen molar-refractivity contribution in [3.05, 3.63) is 48.0 Å². The van der Waals surface area contributed by atoms with Crippen LogP contribution < -0.4 is 23.7 Å². The van der Waals surface area contributed by atoms with Crippen LogP contribution in [0.25, 0.3) is 0 Å². The SMILES string of the molecule is C=CCc1cc(OC)c2c(c1)OC(c1cc(OC)c(O)c(OC)c1)C(C)O2.